The molecule has 0 radical (unpaired) electrons. The Hall–Kier alpha value is -3.25. The van der Waals surface area contributed by atoms with E-state index in [1.807, 2.05) is 13.0 Å². The number of hydrogen-bond donors (Lipinski definition) is 3. The SMILES string of the molecule is CC(=O)O.CCC(=O)c1cc(NCCN2CCCC2)c(C)c(N2CCN(c3ncnc4n[nH]c(Br)c34)CC2)c1. The number of aliphatic carboxylic acids is 1. The van der Waals surface area contributed by atoms with Gasteiger partial charge in [-0.15, -0.1) is 0 Å². The second-order valence-corrected chi connectivity index (χ2v) is 10.6. The monoisotopic (exact) mass is 600 g/mol. The number of rotatable bonds is 8. The number of anilines is 3. The van der Waals surface area contributed by atoms with Gasteiger partial charge in [0.2, 0.25) is 0 Å². The number of carbonyl (C=O) groups is 2. The lowest BCUT2D eigenvalue weighted by Crippen LogP contribution is -2.47. The van der Waals surface area contributed by atoms with Gasteiger partial charge < -0.3 is 25.1 Å². The Labute approximate surface area is 237 Å². The second kappa shape index (κ2) is 13.2. The van der Waals surface area contributed by atoms with Gasteiger partial charge in [-0.1, -0.05) is 6.92 Å². The molecule has 4 heterocycles. The summed E-state index contributed by atoms with van der Waals surface area (Å²) in [5.74, 6) is 0.242. The number of likely N-dealkylation sites (tertiary alicyclic amines) is 1. The molecule has 3 aromatic rings. The van der Waals surface area contributed by atoms with Gasteiger partial charge in [-0.3, -0.25) is 14.7 Å². The van der Waals surface area contributed by atoms with Crippen molar-refractivity contribution in [1.29, 1.82) is 0 Å². The molecule has 2 aliphatic heterocycles. The summed E-state index contributed by atoms with van der Waals surface area (Å²) in [4.78, 5) is 37.7. The Balaban J connectivity index is 0.000000826. The third-order valence-electron chi connectivity index (χ3n) is 7.17. The fourth-order valence-electron chi connectivity index (χ4n) is 5.14. The summed E-state index contributed by atoms with van der Waals surface area (Å²) in [6.07, 6.45) is 4.68. The normalized spacial score (nSPS) is 15.8. The number of halogens is 1. The maximum atomic E-state index is 12.7. The van der Waals surface area contributed by atoms with Crippen LogP contribution in [0.15, 0.2) is 23.1 Å². The molecule has 0 amide bonds. The lowest BCUT2D eigenvalue weighted by molar-refractivity contribution is -0.134. The molecule has 0 spiro atoms. The van der Waals surface area contributed by atoms with Crippen LogP contribution in [-0.2, 0) is 4.79 Å². The van der Waals surface area contributed by atoms with Crippen LogP contribution in [0.1, 0.15) is 49.0 Å². The smallest absolute Gasteiger partial charge is 0.300 e. The van der Waals surface area contributed by atoms with Gasteiger partial charge in [0.25, 0.3) is 5.97 Å². The number of hydrogen-bond acceptors (Lipinski definition) is 9. The molecule has 0 saturated carbocycles. The highest BCUT2D eigenvalue weighted by molar-refractivity contribution is 9.10. The number of Topliss-reactive ketones (excluding diaryl/α,β-unsaturated/α-hetero) is 1. The Kier molecular flexibility index (Phi) is 9.73. The fraction of sp³-hybridized carbons (Fsp3) is 0.519. The molecule has 210 valence electrons. The van der Waals surface area contributed by atoms with Crippen molar-refractivity contribution in [3.8, 4) is 0 Å². The number of benzene rings is 1. The van der Waals surface area contributed by atoms with Gasteiger partial charge in [-0.2, -0.15) is 5.10 Å². The number of H-pyrrole nitrogens is 1. The second-order valence-electron chi connectivity index (χ2n) is 9.85. The minimum absolute atomic E-state index is 0.181. The molecule has 2 saturated heterocycles. The zero-order valence-corrected chi connectivity index (χ0v) is 24.4. The van der Waals surface area contributed by atoms with Crippen molar-refractivity contribution in [2.45, 2.75) is 40.0 Å². The summed E-state index contributed by atoms with van der Waals surface area (Å²) in [6.45, 7) is 12.8. The van der Waals surface area contributed by atoms with Gasteiger partial charge in [-0.25, -0.2) is 9.97 Å². The van der Waals surface area contributed by atoms with Crippen molar-refractivity contribution in [2.75, 3.05) is 67.5 Å². The van der Waals surface area contributed by atoms with Gasteiger partial charge in [0.15, 0.2) is 11.4 Å². The van der Waals surface area contributed by atoms with Crippen molar-refractivity contribution in [2.24, 2.45) is 0 Å². The van der Waals surface area contributed by atoms with E-state index in [4.69, 9.17) is 9.90 Å². The van der Waals surface area contributed by atoms with E-state index in [0.29, 0.717) is 12.1 Å². The van der Waals surface area contributed by atoms with Crippen LogP contribution >= 0.6 is 15.9 Å². The van der Waals surface area contributed by atoms with E-state index < -0.39 is 5.97 Å². The van der Waals surface area contributed by atoms with Crippen LogP contribution in [0.3, 0.4) is 0 Å². The van der Waals surface area contributed by atoms with E-state index in [-0.39, 0.29) is 5.78 Å². The number of carboxylic acid groups (broad SMARTS) is 1. The number of carbonyl (C=O) groups excluding carboxylic acids is 1. The number of fused-ring (bicyclic) bond motifs is 1. The number of carboxylic acids is 1. The molecule has 0 unspecified atom stereocenters. The highest BCUT2D eigenvalue weighted by atomic mass is 79.9. The number of nitrogens with zero attached hydrogens (tertiary/aromatic N) is 6. The largest absolute Gasteiger partial charge is 0.481 e. The van der Waals surface area contributed by atoms with Crippen LogP contribution in [-0.4, -0.2) is 94.3 Å². The van der Waals surface area contributed by atoms with E-state index in [2.05, 4.69) is 69.1 Å². The molecule has 39 heavy (non-hydrogen) atoms. The number of ketones is 1. The van der Waals surface area contributed by atoms with Crippen LogP contribution in [0, 0.1) is 6.92 Å². The van der Waals surface area contributed by atoms with Gasteiger partial charge in [0.1, 0.15) is 16.7 Å². The van der Waals surface area contributed by atoms with Crippen molar-refractivity contribution in [3.05, 3.63) is 34.2 Å². The molecule has 2 fully saturated rings. The average Bonchev–Trinajstić information content (AvgIpc) is 3.59. The maximum Gasteiger partial charge on any atom is 0.300 e. The number of aromatic amines is 1. The molecule has 0 atom stereocenters. The minimum Gasteiger partial charge on any atom is -0.481 e. The zero-order chi connectivity index (χ0) is 27.9. The highest BCUT2D eigenvalue weighted by Gasteiger charge is 2.24. The minimum atomic E-state index is -0.833. The first kappa shape index (κ1) is 28.8. The van der Waals surface area contributed by atoms with E-state index >= 15 is 0 Å². The van der Waals surface area contributed by atoms with E-state index in [1.165, 1.54) is 31.5 Å². The maximum absolute atomic E-state index is 12.7. The Morgan fingerprint density at radius 2 is 1.74 bits per heavy atom. The molecule has 1 aromatic carbocycles. The molecular formula is C27H37BrN8O3. The molecule has 12 heteroatoms. The summed E-state index contributed by atoms with van der Waals surface area (Å²) in [5, 5.41) is 19.1. The van der Waals surface area contributed by atoms with Crippen LogP contribution in [0.25, 0.3) is 11.0 Å². The molecule has 5 rings (SSSR count). The molecule has 2 aliphatic rings. The summed E-state index contributed by atoms with van der Waals surface area (Å²) in [7, 11) is 0. The van der Waals surface area contributed by atoms with Crippen molar-refractivity contribution >= 4 is 55.9 Å². The van der Waals surface area contributed by atoms with Crippen LogP contribution in [0.4, 0.5) is 17.2 Å². The Morgan fingerprint density at radius 1 is 1.08 bits per heavy atom. The molecule has 2 aromatic heterocycles. The number of aromatic nitrogens is 4. The predicted octanol–water partition coefficient (Wildman–Crippen LogP) is 3.94. The average molecular weight is 602 g/mol. The number of piperazine rings is 1. The summed E-state index contributed by atoms with van der Waals surface area (Å²) >= 11 is 3.54. The standard InChI is InChI=1S/C25H33BrN8O.C2H4O2/c1-3-21(35)18-14-19(27-6-9-32-7-4-5-8-32)17(2)20(15-18)33-10-12-34(13-11-33)25-22-23(26)30-31-24(22)28-16-29-25;1-2(3)4/h14-16,27H,3-13H2,1-2H3,(H,28,29,30,31);1H3,(H,3,4). The molecule has 0 aliphatic carbocycles. The molecular weight excluding hydrogens is 564 g/mol. The van der Waals surface area contributed by atoms with Gasteiger partial charge >= 0.3 is 0 Å². The van der Waals surface area contributed by atoms with E-state index in [9.17, 15) is 4.79 Å². The zero-order valence-electron chi connectivity index (χ0n) is 22.8. The lowest BCUT2D eigenvalue weighted by atomic mass is 10.0. The van der Waals surface area contributed by atoms with Crippen molar-refractivity contribution in [3.63, 3.8) is 0 Å². The molecule has 0 bridgehead atoms. The van der Waals surface area contributed by atoms with Crippen LogP contribution in [0.2, 0.25) is 0 Å². The van der Waals surface area contributed by atoms with Crippen LogP contribution < -0.4 is 15.1 Å². The molecule has 3 N–H and O–H groups in total. The van der Waals surface area contributed by atoms with E-state index in [1.54, 1.807) is 6.33 Å². The lowest BCUT2D eigenvalue weighted by Gasteiger charge is -2.38. The van der Waals surface area contributed by atoms with Crippen LogP contribution in [0.5, 0.6) is 0 Å². The summed E-state index contributed by atoms with van der Waals surface area (Å²) in [6, 6.07) is 4.12. The van der Waals surface area contributed by atoms with E-state index in [0.717, 1.165) is 78.9 Å². The third kappa shape index (κ3) is 7.04. The topological polar surface area (TPSA) is 131 Å². The van der Waals surface area contributed by atoms with Gasteiger partial charge in [0, 0.05) is 69.6 Å². The Morgan fingerprint density at radius 3 is 2.41 bits per heavy atom. The first-order valence-electron chi connectivity index (χ1n) is 13.5. The first-order valence-corrected chi connectivity index (χ1v) is 14.3. The van der Waals surface area contributed by atoms with Gasteiger partial charge in [0.05, 0.1) is 5.39 Å². The highest BCUT2D eigenvalue weighted by Crippen LogP contribution is 2.33. The van der Waals surface area contributed by atoms with Crippen molar-refractivity contribution < 1.29 is 14.7 Å². The summed E-state index contributed by atoms with van der Waals surface area (Å²) < 4.78 is 0.803. The molecule has 11 nitrogen and oxygen atoms in total. The van der Waals surface area contributed by atoms with Crippen molar-refractivity contribution in [1.82, 2.24) is 25.1 Å². The fourth-order valence-corrected chi connectivity index (χ4v) is 5.58. The first-order chi connectivity index (χ1) is 18.8. The number of nitrogens with one attached hydrogen (secondary N) is 2. The Bertz CT molecular complexity index is 1300. The summed E-state index contributed by atoms with van der Waals surface area (Å²) in [5.41, 5.74) is 4.87. The third-order valence-corrected chi connectivity index (χ3v) is 7.75. The predicted molar refractivity (Wildman–Crippen MR) is 157 cm³/mol. The van der Waals surface area contributed by atoms with Gasteiger partial charge in [-0.05, 0) is 66.5 Å². The quantitative estimate of drug-likeness (QED) is 0.327.